The minimum absolute atomic E-state index is 0.133. The van der Waals surface area contributed by atoms with Crippen LogP contribution >= 0.6 is 0 Å². The topological polar surface area (TPSA) is 52.6 Å². The number of carbonyl (C=O) groups is 1. The highest BCUT2D eigenvalue weighted by Gasteiger charge is 2.35. The maximum atomic E-state index is 13.3. The van der Waals surface area contributed by atoms with Crippen molar-refractivity contribution in [3.05, 3.63) is 48.3 Å². The van der Waals surface area contributed by atoms with Crippen molar-refractivity contribution in [2.45, 2.75) is 51.0 Å². The van der Waals surface area contributed by atoms with Crippen molar-refractivity contribution in [3.8, 4) is 0 Å². The van der Waals surface area contributed by atoms with Gasteiger partial charge in [-0.3, -0.25) is 4.79 Å². The molecule has 1 amide bonds. The normalized spacial score (nSPS) is 22.7. The molecule has 2 aromatic rings. The first-order chi connectivity index (χ1) is 15.3. The lowest BCUT2D eigenvalue weighted by Crippen LogP contribution is -2.42. The molecule has 31 heavy (non-hydrogen) atoms. The summed E-state index contributed by atoms with van der Waals surface area (Å²) in [6.07, 6.45) is 11.7. The fourth-order valence-corrected chi connectivity index (χ4v) is 5.41. The molecule has 0 spiro atoms. The van der Waals surface area contributed by atoms with Gasteiger partial charge in [0.15, 0.2) is 0 Å². The van der Waals surface area contributed by atoms with Crippen LogP contribution in [-0.4, -0.2) is 53.5 Å². The number of nitrogens with zero attached hydrogens (tertiary/aromatic N) is 5. The Bertz CT molecular complexity index is 857. The molecule has 3 aliphatic heterocycles. The monoisotopic (exact) mass is 419 g/mol. The van der Waals surface area contributed by atoms with Gasteiger partial charge in [0.25, 0.3) is 0 Å². The van der Waals surface area contributed by atoms with E-state index in [4.69, 9.17) is 0 Å². The molecule has 5 rings (SSSR count). The van der Waals surface area contributed by atoms with E-state index in [1.807, 2.05) is 18.5 Å². The van der Waals surface area contributed by atoms with Gasteiger partial charge in [0.2, 0.25) is 11.9 Å². The van der Waals surface area contributed by atoms with E-state index in [0.717, 1.165) is 70.0 Å². The Morgan fingerprint density at radius 2 is 1.48 bits per heavy atom. The zero-order valence-corrected chi connectivity index (χ0v) is 18.3. The molecule has 0 radical (unpaired) electrons. The molecule has 6 heteroatoms. The maximum Gasteiger partial charge on any atom is 0.226 e. The van der Waals surface area contributed by atoms with Gasteiger partial charge in [-0.05, 0) is 50.5 Å². The van der Waals surface area contributed by atoms with Crippen LogP contribution in [0.15, 0.2) is 42.7 Å². The Hall–Kier alpha value is -2.63. The number of benzene rings is 1. The number of amides is 1. The molecule has 0 bridgehead atoms. The highest BCUT2D eigenvalue weighted by molar-refractivity contribution is 5.80. The van der Waals surface area contributed by atoms with E-state index < -0.39 is 0 Å². The number of piperidine rings is 2. The second kappa shape index (κ2) is 9.25. The molecule has 0 N–H and O–H groups in total. The van der Waals surface area contributed by atoms with Gasteiger partial charge in [-0.1, -0.05) is 30.3 Å². The standard InChI is InChI=1S/C25H33N5O/c31-24(30-15-7-10-23(30)20-8-3-1-4-9-20)21-11-16-28(17-12-21)22-18-26-25(27-19-22)29-13-5-2-6-14-29/h1,3-4,8-9,18-19,21,23H,2,5-7,10-17H2. The van der Waals surface area contributed by atoms with Gasteiger partial charge in [-0.15, -0.1) is 0 Å². The maximum absolute atomic E-state index is 13.3. The lowest BCUT2D eigenvalue weighted by atomic mass is 9.94. The first kappa shape index (κ1) is 20.3. The second-order valence-electron chi connectivity index (χ2n) is 9.15. The molecule has 6 nitrogen and oxygen atoms in total. The molecule has 164 valence electrons. The van der Waals surface area contributed by atoms with Crippen LogP contribution in [-0.2, 0) is 4.79 Å². The van der Waals surface area contributed by atoms with Gasteiger partial charge in [-0.2, -0.15) is 0 Å². The molecule has 1 aromatic carbocycles. The Kier molecular flexibility index (Phi) is 6.05. The van der Waals surface area contributed by atoms with Gasteiger partial charge < -0.3 is 14.7 Å². The van der Waals surface area contributed by atoms with Crippen LogP contribution in [0, 0.1) is 5.92 Å². The van der Waals surface area contributed by atoms with Gasteiger partial charge in [0.1, 0.15) is 0 Å². The summed E-state index contributed by atoms with van der Waals surface area (Å²) in [4.78, 5) is 29.4. The summed E-state index contributed by atoms with van der Waals surface area (Å²) in [7, 11) is 0. The third-order valence-corrected chi connectivity index (χ3v) is 7.19. The number of rotatable bonds is 4. The van der Waals surface area contributed by atoms with Crippen LogP contribution in [0.2, 0.25) is 0 Å². The van der Waals surface area contributed by atoms with Crippen molar-refractivity contribution in [3.63, 3.8) is 0 Å². The summed E-state index contributed by atoms with van der Waals surface area (Å²) in [5, 5.41) is 0. The van der Waals surface area contributed by atoms with Crippen LogP contribution in [0.1, 0.15) is 56.6 Å². The average Bonchev–Trinajstić information content (AvgIpc) is 3.35. The van der Waals surface area contributed by atoms with E-state index in [0.29, 0.717) is 5.91 Å². The van der Waals surface area contributed by atoms with Crippen LogP contribution in [0.3, 0.4) is 0 Å². The van der Waals surface area contributed by atoms with Crippen molar-refractivity contribution in [1.29, 1.82) is 0 Å². The van der Waals surface area contributed by atoms with E-state index in [1.165, 1.54) is 24.8 Å². The molecule has 4 heterocycles. The van der Waals surface area contributed by atoms with Gasteiger partial charge >= 0.3 is 0 Å². The van der Waals surface area contributed by atoms with Crippen LogP contribution in [0.25, 0.3) is 0 Å². The van der Waals surface area contributed by atoms with Gasteiger partial charge in [0, 0.05) is 38.6 Å². The summed E-state index contributed by atoms with van der Waals surface area (Å²) in [5.74, 6) is 1.34. The van der Waals surface area contributed by atoms with Gasteiger partial charge in [-0.25, -0.2) is 9.97 Å². The Balaban J connectivity index is 1.18. The second-order valence-corrected chi connectivity index (χ2v) is 9.15. The molecule has 0 saturated carbocycles. The zero-order valence-electron chi connectivity index (χ0n) is 18.3. The van der Waals surface area contributed by atoms with E-state index >= 15 is 0 Å². The highest BCUT2D eigenvalue weighted by atomic mass is 16.2. The van der Waals surface area contributed by atoms with E-state index in [-0.39, 0.29) is 12.0 Å². The molecule has 3 aliphatic rings. The third kappa shape index (κ3) is 4.39. The van der Waals surface area contributed by atoms with Crippen LogP contribution in [0.5, 0.6) is 0 Å². The highest BCUT2D eigenvalue weighted by Crippen LogP contribution is 2.35. The van der Waals surface area contributed by atoms with E-state index in [9.17, 15) is 4.79 Å². The number of hydrogen-bond donors (Lipinski definition) is 0. The summed E-state index contributed by atoms with van der Waals surface area (Å²) in [5.41, 5.74) is 2.35. The zero-order chi connectivity index (χ0) is 21.0. The van der Waals surface area contributed by atoms with E-state index in [1.54, 1.807) is 0 Å². The molecule has 1 atom stereocenters. The SMILES string of the molecule is O=C(C1CCN(c2cnc(N3CCCCC3)nc2)CC1)N1CCCC1c1ccccc1. The molecule has 1 unspecified atom stereocenters. The molecule has 3 saturated heterocycles. The summed E-state index contributed by atoms with van der Waals surface area (Å²) < 4.78 is 0. The fourth-order valence-electron chi connectivity index (χ4n) is 5.41. The smallest absolute Gasteiger partial charge is 0.226 e. The Morgan fingerprint density at radius 1 is 0.774 bits per heavy atom. The first-order valence-corrected chi connectivity index (χ1v) is 12.0. The molecule has 0 aliphatic carbocycles. The fraction of sp³-hybridized carbons (Fsp3) is 0.560. The minimum Gasteiger partial charge on any atom is -0.369 e. The number of hydrogen-bond acceptors (Lipinski definition) is 5. The molecule has 1 aromatic heterocycles. The molecular weight excluding hydrogens is 386 g/mol. The number of carbonyl (C=O) groups excluding carboxylic acids is 1. The predicted octanol–water partition coefficient (Wildman–Crippen LogP) is 4.05. The van der Waals surface area contributed by atoms with Crippen LogP contribution < -0.4 is 9.80 Å². The average molecular weight is 420 g/mol. The number of likely N-dealkylation sites (tertiary alicyclic amines) is 1. The minimum atomic E-state index is 0.133. The Morgan fingerprint density at radius 3 is 2.19 bits per heavy atom. The van der Waals surface area contributed by atoms with E-state index in [2.05, 4.69) is 48.9 Å². The summed E-state index contributed by atoms with van der Waals surface area (Å²) in [6, 6.07) is 10.8. The van der Waals surface area contributed by atoms with Crippen LogP contribution in [0.4, 0.5) is 11.6 Å². The van der Waals surface area contributed by atoms with Crippen molar-refractivity contribution in [2.24, 2.45) is 5.92 Å². The third-order valence-electron chi connectivity index (χ3n) is 7.19. The summed E-state index contributed by atoms with van der Waals surface area (Å²) in [6.45, 7) is 4.81. The summed E-state index contributed by atoms with van der Waals surface area (Å²) >= 11 is 0. The van der Waals surface area contributed by atoms with Crippen molar-refractivity contribution < 1.29 is 4.79 Å². The number of anilines is 2. The van der Waals surface area contributed by atoms with Gasteiger partial charge in [0.05, 0.1) is 24.1 Å². The molecular formula is C25H33N5O. The first-order valence-electron chi connectivity index (χ1n) is 12.0. The molecule has 3 fully saturated rings. The predicted molar refractivity (Wildman–Crippen MR) is 123 cm³/mol. The quantitative estimate of drug-likeness (QED) is 0.748. The van der Waals surface area contributed by atoms with Crippen molar-refractivity contribution in [1.82, 2.24) is 14.9 Å². The Labute approximate surface area is 185 Å². The lowest BCUT2D eigenvalue weighted by molar-refractivity contribution is -0.137. The largest absolute Gasteiger partial charge is 0.369 e. The van der Waals surface area contributed by atoms with Crippen molar-refractivity contribution >= 4 is 17.5 Å². The lowest BCUT2D eigenvalue weighted by Gasteiger charge is -2.36. The van der Waals surface area contributed by atoms with Crippen molar-refractivity contribution in [2.75, 3.05) is 42.5 Å². The number of aromatic nitrogens is 2.